The highest BCUT2D eigenvalue weighted by molar-refractivity contribution is 5.79. The van der Waals surface area contributed by atoms with E-state index < -0.39 is 0 Å². The number of nitrogens with zero attached hydrogens (tertiary/aromatic N) is 2. The number of rotatable bonds is 1. The summed E-state index contributed by atoms with van der Waals surface area (Å²) in [6.07, 6.45) is 0. The van der Waals surface area contributed by atoms with Crippen LogP contribution in [0.4, 0.5) is 0 Å². The maximum absolute atomic E-state index is 11.6. The molecule has 1 aliphatic rings. The number of hydrogen-bond donors (Lipinski definition) is 0. The lowest BCUT2D eigenvalue weighted by molar-refractivity contribution is -0.134. The summed E-state index contributed by atoms with van der Waals surface area (Å²) < 4.78 is 0. The molecule has 3 heteroatoms. The second-order valence-corrected chi connectivity index (χ2v) is 5.10. The fraction of sp³-hybridized carbons (Fsp3) is 0.750. The monoisotopic (exact) mass is 208 g/mol. The van der Waals surface area contributed by atoms with Crippen molar-refractivity contribution in [2.45, 2.75) is 20.8 Å². The first-order valence-corrected chi connectivity index (χ1v) is 5.35. The SMILES string of the molecule is CN1CCN(CC#CC(C)(C)C)C(=O)C1. The fourth-order valence-electron chi connectivity index (χ4n) is 1.39. The van der Waals surface area contributed by atoms with Crippen LogP contribution in [-0.4, -0.2) is 48.9 Å². The van der Waals surface area contributed by atoms with Crippen LogP contribution in [0.2, 0.25) is 0 Å². The van der Waals surface area contributed by atoms with Crippen molar-refractivity contribution in [3.63, 3.8) is 0 Å². The molecular formula is C12H20N2O. The zero-order chi connectivity index (χ0) is 11.5. The maximum atomic E-state index is 11.6. The molecule has 1 saturated heterocycles. The van der Waals surface area contributed by atoms with Crippen molar-refractivity contribution >= 4 is 5.91 Å². The van der Waals surface area contributed by atoms with Gasteiger partial charge in [-0.3, -0.25) is 9.69 Å². The Hall–Kier alpha value is -1.01. The van der Waals surface area contributed by atoms with Gasteiger partial charge in [-0.2, -0.15) is 0 Å². The largest absolute Gasteiger partial charge is 0.329 e. The van der Waals surface area contributed by atoms with Gasteiger partial charge in [-0.1, -0.05) is 11.8 Å². The van der Waals surface area contributed by atoms with E-state index in [1.807, 2.05) is 16.8 Å². The topological polar surface area (TPSA) is 23.6 Å². The van der Waals surface area contributed by atoms with Crippen molar-refractivity contribution < 1.29 is 4.79 Å². The summed E-state index contributed by atoms with van der Waals surface area (Å²) in [5, 5.41) is 0. The van der Waals surface area contributed by atoms with Crippen LogP contribution < -0.4 is 0 Å². The summed E-state index contributed by atoms with van der Waals surface area (Å²) in [6, 6.07) is 0. The van der Waals surface area contributed by atoms with E-state index in [9.17, 15) is 4.79 Å². The zero-order valence-corrected chi connectivity index (χ0v) is 10.1. The van der Waals surface area contributed by atoms with E-state index in [4.69, 9.17) is 0 Å². The minimum atomic E-state index is 0.0234. The van der Waals surface area contributed by atoms with Gasteiger partial charge in [-0.05, 0) is 27.8 Å². The van der Waals surface area contributed by atoms with Gasteiger partial charge in [0, 0.05) is 18.5 Å². The molecular weight excluding hydrogens is 188 g/mol. The molecule has 1 rings (SSSR count). The Labute approximate surface area is 92.4 Å². The van der Waals surface area contributed by atoms with Crippen molar-refractivity contribution in [3.05, 3.63) is 0 Å². The van der Waals surface area contributed by atoms with Gasteiger partial charge >= 0.3 is 0 Å². The lowest BCUT2D eigenvalue weighted by Gasteiger charge is -2.30. The predicted octanol–water partition coefficient (Wildman–Crippen LogP) is 0.810. The lowest BCUT2D eigenvalue weighted by atomic mass is 9.98. The molecule has 0 spiro atoms. The van der Waals surface area contributed by atoms with Crippen LogP contribution in [0, 0.1) is 17.3 Å². The first-order valence-electron chi connectivity index (χ1n) is 5.35. The zero-order valence-electron chi connectivity index (χ0n) is 10.1. The summed E-state index contributed by atoms with van der Waals surface area (Å²) >= 11 is 0. The van der Waals surface area contributed by atoms with E-state index in [1.54, 1.807) is 0 Å². The van der Waals surface area contributed by atoms with Crippen molar-refractivity contribution in [2.75, 3.05) is 33.2 Å². The van der Waals surface area contributed by atoms with Gasteiger partial charge < -0.3 is 4.90 Å². The molecule has 0 bridgehead atoms. The Morgan fingerprint density at radius 2 is 2.00 bits per heavy atom. The predicted molar refractivity (Wildman–Crippen MR) is 61.3 cm³/mol. The number of piperazine rings is 1. The Balaban J connectivity index is 2.45. The molecule has 0 saturated carbocycles. The summed E-state index contributed by atoms with van der Waals surface area (Å²) in [4.78, 5) is 15.4. The quantitative estimate of drug-likeness (QED) is 0.595. The Morgan fingerprint density at radius 3 is 2.53 bits per heavy atom. The summed E-state index contributed by atoms with van der Waals surface area (Å²) in [5.74, 6) is 6.41. The average molecular weight is 208 g/mol. The first kappa shape index (κ1) is 12.1. The number of likely N-dealkylation sites (N-methyl/N-ethyl adjacent to an activating group) is 1. The number of carbonyl (C=O) groups is 1. The molecule has 3 nitrogen and oxygen atoms in total. The number of hydrogen-bond acceptors (Lipinski definition) is 2. The van der Waals surface area contributed by atoms with Gasteiger partial charge in [0.1, 0.15) is 0 Å². The van der Waals surface area contributed by atoms with Gasteiger partial charge in [-0.25, -0.2) is 0 Å². The number of carbonyl (C=O) groups excluding carboxylic acids is 1. The average Bonchev–Trinajstić information content (AvgIpc) is 2.07. The minimum Gasteiger partial charge on any atom is -0.329 e. The Kier molecular flexibility index (Phi) is 3.76. The van der Waals surface area contributed by atoms with Crippen LogP contribution in [-0.2, 0) is 4.79 Å². The van der Waals surface area contributed by atoms with Crippen LogP contribution in [0.15, 0.2) is 0 Å². The molecule has 1 heterocycles. The van der Waals surface area contributed by atoms with Crippen molar-refractivity contribution in [1.29, 1.82) is 0 Å². The highest BCUT2D eigenvalue weighted by Crippen LogP contribution is 2.09. The summed E-state index contributed by atoms with van der Waals surface area (Å²) in [6.45, 7) is 9.07. The maximum Gasteiger partial charge on any atom is 0.237 e. The van der Waals surface area contributed by atoms with Crippen LogP contribution in [0.3, 0.4) is 0 Å². The van der Waals surface area contributed by atoms with Gasteiger partial charge in [0.05, 0.1) is 13.1 Å². The number of amides is 1. The van der Waals surface area contributed by atoms with Gasteiger partial charge in [0.15, 0.2) is 0 Å². The highest BCUT2D eigenvalue weighted by atomic mass is 16.2. The van der Waals surface area contributed by atoms with E-state index in [-0.39, 0.29) is 11.3 Å². The molecule has 1 fully saturated rings. The molecule has 0 unspecified atom stereocenters. The van der Waals surface area contributed by atoms with Crippen molar-refractivity contribution in [1.82, 2.24) is 9.80 Å². The molecule has 1 aliphatic heterocycles. The molecule has 0 atom stereocenters. The van der Waals surface area contributed by atoms with Crippen LogP contribution in [0.25, 0.3) is 0 Å². The van der Waals surface area contributed by atoms with Crippen LogP contribution >= 0.6 is 0 Å². The second-order valence-electron chi connectivity index (χ2n) is 5.10. The third-order valence-corrected chi connectivity index (χ3v) is 2.24. The fourth-order valence-corrected chi connectivity index (χ4v) is 1.39. The van der Waals surface area contributed by atoms with Gasteiger partial charge in [-0.15, -0.1) is 0 Å². The molecule has 1 amide bonds. The molecule has 0 aromatic heterocycles. The van der Waals surface area contributed by atoms with Crippen molar-refractivity contribution in [2.24, 2.45) is 5.41 Å². The summed E-state index contributed by atoms with van der Waals surface area (Å²) in [7, 11) is 1.97. The molecule has 0 N–H and O–H groups in total. The van der Waals surface area contributed by atoms with E-state index in [1.165, 1.54) is 0 Å². The normalized spacial score (nSPS) is 18.7. The van der Waals surface area contributed by atoms with E-state index in [0.717, 1.165) is 13.1 Å². The van der Waals surface area contributed by atoms with E-state index in [0.29, 0.717) is 13.1 Å². The van der Waals surface area contributed by atoms with E-state index >= 15 is 0 Å². The third kappa shape index (κ3) is 4.35. The first-order chi connectivity index (χ1) is 6.88. The molecule has 0 aliphatic carbocycles. The smallest absolute Gasteiger partial charge is 0.237 e. The van der Waals surface area contributed by atoms with E-state index in [2.05, 4.69) is 32.6 Å². The van der Waals surface area contributed by atoms with Gasteiger partial charge in [0.2, 0.25) is 5.91 Å². The molecule has 0 radical (unpaired) electrons. The Morgan fingerprint density at radius 1 is 1.33 bits per heavy atom. The van der Waals surface area contributed by atoms with Crippen LogP contribution in [0.5, 0.6) is 0 Å². The van der Waals surface area contributed by atoms with Crippen LogP contribution in [0.1, 0.15) is 20.8 Å². The second kappa shape index (κ2) is 4.67. The standard InChI is InChI=1S/C12H20N2O/c1-12(2,3)6-5-7-14-9-8-13(4)10-11(14)15/h7-10H2,1-4H3. The van der Waals surface area contributed by atoms with Gasteiger partial charge in [0.25, 0.3) is 0 Å². The molecule has 84 valence electrons. The van der Waals surface area contributed by atoms with Crippen molar-refractivity contribution in [3.8, 4) is 11.8 Å². The third-order valence-electron chi connectivity index (χ3n) is 2.24. The lowest BCUT2D eigenvalue weighted by Crippen LogP contribution is -2.48. The minimum absolute atomic E-state index is 0.0234. The Bertz CT molecular complexity index is 293. The molecule has 15 heavy (non-hydrogen) atoms. The molecule has 0 aromatic carbocycles. The highest BCUT2D eigenvalue weighted by Gasteiger charge is 2.20. The molecule has 0 aromatic rings. The summed E-state index contributed by atoms with van der Waals surface area (Å²) in [5.41, 5.74) is 0.0234.